The van der Waals surface area contributed by atoms with E-state index in [0.717, 1.165) is 27.6 Å². The number of hydrogen-bond donors (Lipinski definition) is 0. The lowest BCUT2D eigenvalue weighted by Crippen LogP contribution is -2.30. The summed E-state index contributed by atoms with van der Waals surface area (Å²) in [5, 5.41) is 9.90. The van der Waals surface area contributed by atoms with Crippen molar-refractivity contribution in [3.63, 3.8) is 0 Å². The SMILES string of the molecule is N#Cc1c(C(F)(F)F)cc(-c2ccccc2)nc1SCC(=O)N1c2ccccc2Sc2ccc(Cl)cc21. The first-order valence-electron chi connectivity index (χ1n) is 10.9. The molecule has 1 aromatic heterocycles. The third-order valence-corrected chi connectivity index (χ3v) is 7.87. The number of anilines is 2. The number of rotatable bonds is 4. The topological polar surface area (TPSA) is 57.0 Å². The van der Waals surface area contributed by atoms with Gasteiger partial charge in [-0.05, 0) is 36.4 Å². The third kappa shape index (κ3) is 5.05. The molecule has 0 fully saturated rings. The molecule has 3 aromatic carbocycles. The van der Waals surface area contributed by atoms with Gasteiger partial charge >= 0.3 is 6.18 Å². The highest BCUT2D eigenvalue weighted by atomic mass is 35.5. The lowest BCUT2D eigenvalue weighted by Gasteiger charge is -2.31. The minimum atomic E-state index is -4.77. The first-order chi connectivity index (χ1) is 17.8. The molecule has 1 aliphatic heterocycles. The highest BCUT2D eigenvalue weighted by molar-refractivity contribution is 8.00. The van der Waals surface area contributed by atoms with Gasteiger partial charge in [-0.3, -0.25) is 9.69 Å². The number of para-hydroxylation sites is 1. The number of hydrogen-bond acceptors (Lipinski definition) is 5. The van der Waals surface area contributed by atoms with E-state index in [4.69, 9.17) is 11.6 Å². The number of carbonyl (C=O) groups is 1. The van der Waals surface area contributed by atoms with Gasteiger partial charge in [0.15, 0.2) is 0 Å². The quantitative estimate of drug-likeness (QED) is 0.238. The van der Waals surface area contributed by atoms with Crippen molar-refractivity contribution in [1.82, 2.24) is 4.98 Å². The molecule has 5 rings (SSSR count). The van der Waals surface area contributed by atoms with Crippen molar-refractivity contribution in [3.05, 3.63) is 95.0 Å². The van der Waals surface area contributed by atoms with Crippen LogP contribution in [-0.2, 0) is 11.0 Å². The van der Waals surface area contributed by atoms with Gasteiger partial charge in [0.25, 0.3) is 0 Å². The molecular formula is C27H15ClF3N3OS2. The maximum Gasteiger partial charge on any atom is 0.417 e. The van der Waals surface area contributed by atoms with E-state index in [2.05, 4.69) is 4.98 Å². The molecule has 4 nitrogen and oxygen atoms in total. The average molecular weight is 554 g/mol. The number of pyridine rings is 1. The highest BCUT2D eigenvalue weighted by Gasteiger charge is 2.36. The van der Waals surface area contributed by atoms with E-state index < -0.39 is 17.3 Å². The maximum atomic E-state index is 13.9. The van der Waals surface area contributed by atoms with Crippen LogP contribution in [0.5, 0.6) is 0 Å². The molecule has 2 heterocycles. The number of halogens is 4. The number of alkyl halides is 3. The monoisotopic (exact) mass is 553 g/mol. The summed E-state index contributed by atoms with van der Waals surface area (Å²) in [7, 11) is 0. The summed E-state index contributed by atoms with van der Waals surface area (Å²) in [6.45, 7) is 0. The van der Waals surface area contributed by atoms with Crippen molar-refractivity contribution in [1.29, 1.82) is 5.26 Å². The molecule has 0 aliphatic carbocycles. The van der Waals surface area contributed by atoms with Crippen molar-refractivity contribution in [2.75, 3.05) is 10.7 Å². The first kappa shape index (κ1) is 25.2. The molecule has 0 atom stereocenters. The fourth-order valence-electron chi connectivity index (χ4n) is 3.91. The number of carbonyl (C=O) groups excluding carboxylic acids is 1. The normalized spacial score (nSPS) is 12.5. The van der Waals surface area contributed by atoms with Gasteiger partial charge in [0.2, 0.25) is 5.91 Å². The van der Waals surface area contributed by atoms with E-state index in [-0.39, 0.29) is 22.4 Å². The third-order valence-electron chi connectivity index (χ3n) is 5.54. The smallest absolute Gasteiger partial charge is 0.278 e. The van der Waals surface area contributed by atoms with Crippen LogP contribution in [0.1, 0.15) is 11.1 Å². The standard InChI is InChI=1S/C27H15ClF3N3OS2/c28-17-10-11-24-22(12-17)34(21-8-4-5-9-23(21)37-24)25(35)15-36-26-18(14-32)19(27(29,30)31)13-20(33-26)16-6-2-1-3-7-16/h1-13H,15H2. The molecule has 184 valence electrons. The Morgan fingerprint density at radius 1 is 1.00 bits per heavy atom. The predicted molar refractivity (Wildman–Crippen MR) is 139 cm³/mol. The molecule has 0 radical (unpaired) electrons. The second kappa shape index (κ2) is 10.1. The van der Waals surface area contributed by atoms with Crippen molar-refractivity contribution >= 4 is 52.4 Å². The summed E-state index contributed by atoms with van der Waals surface area (Å²) in [4.78, 5) is 21.1. The Morgan fingerprint density at radius 3 is 2.43 bits per heavy atom. The van der Waals surface area contributed by atoms with Crippen LogP contribution in [0.25, 0.3) is 11.3 Å². The number of amides is 1. The summed E-state index contributed by atoms with van der Waals surface area (Å²) in [5.74, 6) is -0.632. The fraction of sp³-hybridized carbons (Fsp3) is 0.0741. The number of thioether (sulfide) groups is 1. The van der Waals surface area contributed by atoms with Gasteiger partial charge in [0.05, 0.1) is 33.9 Å². The van der Waals surface area contributed by atoms with Gasteiger partial charge in [-0.25, -0.2) is 4.98 Å². The van der Waals surface area contributed by atoms with Crippen LogP contribution >= 0.6 is 35.1 Å². The van der Waals surface area contributed by atoms with Gasteiger partial charge in [0, 0.05) is 20.4 Å². The van der Waals surface area contributed by atoms with E-state index in [1.165, 1.54) is 16.7 Å². The summed E-state index contributed by atoms with van der Waals surface area (Å²) in [6.07, 6.45) is -4.77. The van der Waals surface area contributed by atoms with Gasteiger partial charge in [-0.1, -0.05) is 77.6 Å². The van der Waals surface area contributed by atoms with Crippen LogP contribution in [0.3, 0.4) is 0 Å². The zero-order valence-corrected chi connectivity index (χ0v) is 21.2. The lowest BCUT2D eigenvalue weighted by molar-refractivity contribution is -0.138. The Morgan fingerprint density at radius 2 is 1.70 bits per heavy atom. The number of nitriles is 1. The molecule has 0 saturated carbocycles. The largest absolute Gasteiger partial charge is 0.417 e. The number of fused-ring (bicyclic) bond motifs is 2. The minimum absolute atomic E-state index is 0.0683. The van der Waals surface area contributed by atoms with Crippen LogP contribution in [0.15, 0.2) is 93.7 Å². The van der Waals surface area contributed by atoms with Crippen molar-refractivity contribution in [2.45, 2.75) is 21.0 Å². The van der Waals surface area contributed by atoms with E-state index in [9.17, 15) is 23.2 Å². The maximum absolute atomic E-state index is 13.9. The van der Waals surface area contributed by atoms with Crippen LogP contribution in [-0.4, -0.2) is 16.6 Å². The second-order valence-electron chi connectivity index (χ2n) is 7.91. The summed E-state index contributed by atoms with van der Waals surface area (Å²) < 4.78 is 41.7. The highest BCUT2D eigenvalue weighted by Crippen LogP contribution is 2.49. The molecule has 0 spiro atoms. The Kier molecular flexibility index (Phi) is 6.90. The molecule has 1 amide bonds. The molecule has 0 N–H and O–H groups in total. The van der Waals surface area contributed by atoms with Crippen molar-refractivity contribution in [2.24, 2.45) is 0 Å². The van der Waals surface area contributed by atoms with E-state index in [0.29, 0.717) is 22.0 Å². The van der Waals surface area contributed by atoms with Crippen LogP contribution in [0.4, 0.5) is 24.5 Å². The Hall–Kier alpha value is -3.45. The lowest BCUT2D eigenvalue weighted by atomic mass is 10.1. The van der Waals surface area contributed by atoms with E-state index in [1.807, 2.05) is 18.2 Å². The molecular weight excluding hydrogens is 539 g/mol. The summed E-state index contributed by atoms with van der Waals surface area (Å²) in [6, 6.07) is 23.5. The Labute approximate surface area is 224 Å². The first-order valence-corrected chi connectivity index (χ1v) is 13.0. The molecule has 0 bridgehead atoms. The van der Waals surface area contributed by atoms with Gasteiger partial charge in [0.1, 0.15) is 11.1 Å². The summed E-state index contributed by atoms with van der Waals surface area (Å²) >= 11 is 8.52. The predicted octanol–water partition coefficient (Wildman–Crippen LogP) is 8.21. The zero-order chi connectivity index (χ0) is 26.2. The second-order valence-corrected chi connectivity index (χ2v) is 10.4. The average Bonchev–Trinajstić information content (AvgIpc) is 2.89. The number of benzene rings is 3. The minimum Gasteiger partial charge on any atom is -0.278 e. The number of aromatic nitrogens is 1. The van der Waals surface area contributed by atoms with Crippen LogP contribution < -0.4 is 4.90 Å². The van der Waals surface area contributed by atoms with Gasteiger partial charge < -0.3 is 0 Å². The molecule has 4 aromatic rings. The molecule has 0 unspecified atom stereocenters. The molecule has 37 heavy (non-hydrogen) atoms. The van der Waals surface area contributed by atoms with E-state index >= 15 is 0 Å². The molecule has 0 saturated heterocycles. The summed E-state index contributed by atoms with van der Waals surface area (Å²) in [5.41, 5.74) is 0.0771. The van der Waals surface area contributed by atoms with Crippen LogP contribution in [0, 0.1) is 11.3 Å². The fourth-order valence-corrected chi connectivity index (χ4v) is 5.96. The van der Waals surface area contributed by atoms with E-state index in [1.54, 1.807) is 60.7 Å². The molecule has 1 aliphatic rings. The van der Waals surface area contributed by atoms with Crippen molar-refractivity contribution < 1.29 is 18.0 Å². The Bertz CT molecular complexity index is 1560. The van der Waals surface area contributed by atoms with Crippen LogP contribution in [0.2, 0.25) is 5.02 Å². The van der Waals surface area contributed by atoms with Gasteiger partial charge in [-0.15, -0.1) is 0 Å². The Balaban J connectivity index is 1.53. The zero-order valence-electron chi connectivity index (χ0n) is 18.8. The molecule has 10 heteroatoms. The van der Waals surface area contributed by atoms with Gasteiger partial charge in [-0.2, -0.15) is 18.4 Å². The van der Waals surface area contributed by atoms with Crippen molar-refractivity contribution in [3.8, 4) is 17.3 Å². The number of nitrogens with zero attached hydrogens (tertiary/aromatic N) is 3.